The van der Waals surface area contributed by atoms with E-state index in [4.69, 9.17) is 27.9 Å². The minimum absolute atomic E-state index is 0.0183. The first-order valence-corrected chi connectivity index (χ1v) is 10.9. The number of pyridine rings is 1. The van der Waals surface area contributed by atoms with Gasteiger partial charge >= 0.3 is 0 Å². The lowest BCUT2D eigenvalue weighted by atomic mass is 10.1. The number of halogens is 2. The van der Waals surface area contributed by atoms with Crippen molar-refractivity contribution in [3.05, 3.63) is 93.7 Å². The molecule has 1 aliphatic heterocycles. The van der Waals surface area contributed by atoms with Crippen molar-refractivity contribution in [2.45, 2.75) is 13.2 Å². The summed E-state index contributed by atoms with van der Waals surface area (Å²) in [7, 11) is 0. The van der Waals surface area contributed by atoms with Gasteiger partial charge in [-0.15, -0.1) is 0 Å². The van der Waals surface area contributed by atoms with Gasteiger partial charge in [-0.3, -0.25) is 14.7 Å². The van der Waals surface area contributed by atoms with Crippen molar-refractivity contribution in [3.63, 3.8) is 0 Å². The summed E-state index contributed by atoms with van der Waals surface area (Å²) < 4.78 is 5.96. The molecular formula is C24H23Cl2N3O2. The van der Waals surface area contributed by atoms with Crippen molar-refractivity contribution in [3.8, 4) is 5.75 Å². The zero-order chi connectivity index (χ0) is 21.6. The van der Waals surface area contributed by atoms with Crippen molar-refractivity contribution in [1.82, 2.24) is 14.8 Å². The SMILES string of the molecule is O=C(c1ccccc1OCc1ccc(Cl)cc1Cl)N1CCN(Cc2ccccn2)CC1. The van der Waals surface area contributed by atoms with Gasteiger partial charge in [0, 0.05) is 54.5 Å². The normalized spacial score (nSPS) is 14.5. The van der Waals surface area contributed by atoms with Crippen LogP contribution in [0.1, 0.15) is 21.6 Å². The third-order valence-electron chi connectivity index (χ3n) is 5.29. The van der Waals surface area contributed by atoms with Gasteiger partial charge < -0.3 is 9.64 Å². The molecule has 1 fully saturated rings. The maximum Gasteiger partial charge on any atom is 0.257 e. The number of amides is 1. The average molecular weight is 456 g/mol. The van der Waals surface area contributed by atoms with Crippen LogP contribution >= 0.6 is 23.2 Å². The van der Waals surface area contributed by atoms with Crippen LogP contribution in [-0.4, -0.2) is 46.9 Å². The Bertz CT molecular complexity index is 1040. The smallest absolute Gasteiger partial charge is 0.257 e. The quantitative estimate of drug-likeness (QED) is 0.528. The van der Waals surface area contributed by atoms with Gasteiger partial charge in [-0.25, -0.2) is 0 Å². The zero-order valence-corrected chi connectivity index (χ0v) is 18.5. The summed E-state index contributed by atoms with van der Waals surface area (Å²) in [6.07, 6.45) is 1.81. The molecular weight excluding hydrogens is 433 g/mol. The molecule has 2 aromatic carbocycles. The molecule has 0 N–H and O–H groups in total. The van der Waals surface area contributed by atoms with Crippen molar-refractivity contribution in [2.75, 3.05) is 26.2 Å². The van der Waals surface area contributed by atoms with E-state index in [1.54, 1.807) is 18.2 Å². The van der Waals surface area contributed by atoms with E-state index in [2.05, 4.69) is 9.88 Å². The number of para-hydroxylation sites is 1. The molecule has 5 nitrogen and oxygen atoms in total. The molecule has 31 heavy (non-hydrogen) atoms. The number of carbonyl (C=O) groups is 1. The Kier molecular flexibility index (Phi) is 7.07. The molecule has 1 saturated heterocycles. The Morgan fingerprint density at radius 3 is 2.48 bits per heavy atom. The maximum absolute atomic E-state index is 13.2. The lowest BCUT2D eigenvalue weighted by Crippen LogP contribution is -2.48. The molecule has 0 atom stereocenters. The molecule has 3 aromatic rings. The predicted octanol–water partition coefficient (Wildman–Crippen LogP) is 4.93. The molecule has 160 valence electrons. The molecule has 0 spiro atoms. The highest BCUT2D eigenvalue weighted by Gasteiger charge is 2.24. The number of aromatic nitrogens is 1. The first-order valence-electron chi connectivity index (χ1n) is 10.2. The predicted molar refractivity (Wildman–Crippen MR) is 123 cm³/mol. The van der Waals surface area contributed by atoms with Gasteiger partial charge in [0.2, 0.25) is 0 Å². The Labute approximate surface area is 192 Å². The van der Waals surface area contributed by atoms with E-state index in [1.165, 1.54) is 0 Å². The van der Waals surface area contributed by atoms with Crippen LogP contribution in [0, 0.1) is 0 Å². The largest absolute Gasteiger partial charge is 0.488 e. The number of carbonyl (C=O) groups excluding carboxylic acids is 1. The third-order valence-corrected chi connectivity index (χ3v) is 5.87. The summed E-state index contributed by atoms with van der Waals surface area (Å²) in [5.74, 6) is 0.532. The summed E-state index contributed by atoms with van der Waals surface area (Å²) in [6, 6.07) is 18.6. The van der Waals surface area contributed by atoms with E-state index >= 15 is 0 Å². The summed E-state index contributed by atoms with van der Waals surface area (Å²) in [6.45, 7) is 4.02. The first-order chi connectivity index (χ1) is 15.1. The molecule has 2 heterocycles. The van der Waals surface area contributed by atoms with Gasteiger partial charge in [0.05, 0.1) is 11.3 Å². The number of nitrogens with zero attached hydrogens (tertiary/aromatic N) is 3. The fourth-order valence-electron chi connectivity index (χ4n) is 3.56. The highest BCUT2D eigenvalue weighted by molar-refractivity contribution is 6.35. The van der Waals surface area contributed by atoms with Crippen LogP contribution in [0.15, 0.2) is 66.9 Å². The molecule has 0 bridgehead atoms. The van der Waals surface area contributed by atoms with Crippen LogP contribution in [0.25, 0.3) is 0 Å². The van der Waals surface area contributed by atoms with Crippen LogP contribution in [0.3, 0.4) is 0 Å². The van der Waals surface area contributed by atoms with E-state index in [9.17, 15) is 4.79 Å². The molecule has 1 aliphatic rings. The Balaban J connectivity index is 1.38. The summed E-state index contributed by atoms with van der Waals surface area (Å²) >= 11 is 12.2. The summed E-state index contributed by atoms with van der Waals surface area (Å²) in [4.78, 5) is 21.8. The molecule has 1 amide bonds. The van der Waals surface area contributed by atoms with E-state index in [-0.39, 0.29) is 12.5 Å². The number of hydrogen-bond donors (Lipinski definition) is 0. The third kappa shape index (κ3) is 5.56. The van der Waals surface area contributed by atoms with Gasteiger partial charge in [0.25, 0.3) is 5.91 Å². The second-order valence-electron chi connectivity index (χ2n) is 7.41. The fraction of sp³-hybridized carbons (Fsp3) is 0.250. The summed E-state index contributed by atoms with van der Waals surface area (Å²) in [5, 5.41) is 1.12. The van der Waals surface area contributed by atoms with E-state index in [0.29, 0.717) is 34.4 Å². The van der Waals surface area contributed by atoms with Crippen molar-refractivity contribution < 1.29 is 9.53 Å². The maximum atomic E-state index is 13.2. The molecule has 4 rings (SSSR count). The Morgan fingerprint density at radius 2 is 1.74 bits per heavy atom. The lowest BCUT2D eigenvalue weighted by Gasteiger charge is -2.34. The van der Waals surface area contributed by atoms with Gasteiger partial charge in [0.1, 0.15) is 12.4 Å². The molecule has 1 aromatic heterocycles. The van der Waals surface area contributed by atoms with Gasteiger partial charge in [-0.1, -0.05) is 47.5 Å². The second kappa shape index (κ2) is 10.1. The fourth-order valence-corrected chi connectivity index (χ4v) is 4.03. The van der Waals surface area contributed by atoms with Crippen LogP contribution < -0.4 is 4.74 Å². The molecule has 0 radical (unpaired) electrons. The first kappa shape index (κ1) is 21.6. The van der Waals surface area contributed by atoms with Crippen molar-refractivity contribution >= 4 is 29.1 Å². The Hall–Kier alpha value is -2.60. The minimum Gasteiger partial charge on any atom is -0.488 e. The molecule has 7 heteroatoms. The average Bonchev–Trinajstić information content (AvgIpc) is 2.79. The van der Waals surface area contributed by atoms with E-state index < -0.39 is 0 Å². The summed E-state index contributed by atoms with van der Waals surface area (Å²) in [5.41, 5.74) is 2.42. The van der Waals surface area contributed by atoms with Crippen LogP contribution in [-0.2, 0) is 13.2 Å². The van der Waals surface area contributed by atoms with Crippen LogP contribution in [0.4, 0.5) is 0 Å². The number of piperazine rings is 1. The van der Waals surface area contributed by atoms with Crippen molar-refractivity contribution in [1.29, 1.82) is 0 Å². The van der Waals surface area contributed by atoms with Crippen LogP contribution in [0.5, 0.6) is 5.75 Å². The molecule has 0 aliphatic carbocycles. The lowest BCUT2D eigenvalue weighted by molar-refractivity contribution is 0.0622. The highest BCUT2D eigenvalue weighted by Crippen LogP contribution is 2.25. The second-order valence-corrected chi connectivity index (χ2v) is 8.25. The van der Waals surface area contributed by atoms with Crippen molar-refractivity contribution in [2.24, 2.45) is 0 Å². The van der Waals surface area contributed by atoms with Crippen LogP contribution in [0.2, 0.25) is 10.0 Å². The number of benzene rings is 2. The van der Waals surface area contributed by atoms with Gasteiger partial charge in [0.15, 0.2) is 0 Å². The Morgan fingerprint density at radius 1 is 0.968 bits per heavy atom. The standard InChI is InChI=1S/C24H23Cl2N3O2/c25-19-9-8-18(22(26)15-19)17-31-23-7-2-1-6-21(23)24(30)29-13-11-28(12-14-29)16-20-5-3-4-10-27-20/h1-10,15H,11-14,16-17H2. The number of ether oxygens (including phenoxy) is 1. The van der Waals surface area contributed by atoms with Gasteiger partial charge in [-0.2, -0.15) is 0 Å². The minimum atomic E-state index is -0.0183. The van der Waals surface area contributed by atoms with Gasteiger partial charge in [-0.05, 0) is 36.4 Å². The topological polar surface area (TPSA) is 45.7 Å². The number of hydrogen-bond acceptors (Lipinski definition) is 4. The molecule has 0 unspecified atom stereocenters. The van der Waals surface area contributed by atoms with E-state index in [0.717, 1.165) is 30.9 Å². The molecule has 0 saturated carbocycles. The zero-order valence-electron chi connectivity index (χ0n) is 17.0. The van der Waals surface area contributed by atoms with E-state index in [1.807, 2.05) is 53.6 Å². The highest BCUT2D eigenvalue weighted by atomic mass is 35.5. The monoisotopic (exact) mass is 455 g/mol. The number of rotatable bonds is 6.